The number of methoxy groups -OCH3 is 1. The highest BCUT2D eigenvalue weighted by Crippen LogP contribution is 2.46. The molecule has 2 aromatic carbocycles. The summed E-state index contributed by atoms with van der Waals surface area (Å²) in [7, 11) is 1.72. The van der Waals surface area contributed by atoms with Gasteiger partial charge < -0.3 is 19.4 Å². The van der Waals surface area contributed by atoms with Crippen molar-refractivity contribution in [2.24, 2.45) is 23.4 Å². The minimum atomic E-state index is -3.68. The van der Waals surface area contributed by atoms with Crippen LogP contribution in [0.25, 0.3) is 22.0 Å². The number of allylic oxidation sites excluding steroid dienone is 1. The number of hydrazine groups is 2. The number of aromatic nitrogens is 1. The number of hydrogen-bond donors (Lipinski definition) is 2. The summed E-state index contributed by atoms with van der Waals surface area (Å²) in [5.41, 5.74) is 8.37. The zero-order valence-electron chi connectivity index (χ0n) is 41.0. The zero-order chi connectivity index (χ0) is 48.6. The number of cyclic esters (lactones) is 1. The number of nitroso groups, excluding NO2 is 1. The molecule has 17 heteroatoms. The second-order valence-electron chi connectivity index (χ2n) is 20.3. The molecule has 2 fully saturated rings. The number of sulfonamides is 1. The minimum Gasteiger partial charge on any atom is -0.464 e. The molecule has 0 spiro atoms. The molecule has 0 aliphatic carbocycles. The molecule has 1 aromatic heterocycles. The SMILES string of the molecule is C/C=C/S(=O)(=O)N1CC[C@H]([N+](=O)N(C)[C@H](C(=O)N[C@H]2Cc3cccc(c3)-c3ccc4c(c3)c(c(C3CCC=NC3(C)[C@H](C)OC)n4C)CC(C)(C)COC(=O)[C@@H]3CCCN(N3)C2=O)C(C)C)C1. The number of likely N-dealkylation sites (N-methyl/N-ethyl adjacent to an activating group) is 1. The van der Waals surface area contributed by atoms with E-state index in [0.29, 0.717) is 37.1 Å². The average molecular weight is 944 g/mol. The molecule has 5 heterocycles. The largest absolute Gasteiger partial charge is 0.464 e. The van der Waals surface area contributed by atoms with Crippen LogP contribution in [0.4, 0.5) is 0 Å². The van der Waals surface area contributed by atoms with E-state index in [-0.39, 0.29) is 44.1 Å². The van der Waals surface area contributed by atoms with E-state index in [0.717, 1.165) is 45.8 Å². The van der Waals surface area contributed by atoms with Crippen molar-refractivity contribution in [3.63, 3.8) is 0 Å². The van der Waals surface area contributed by atoms with E-state index in [1.165, 1.54) is 38.7 Å². The van der Waals surface area contributed by atoms with Gasteiger partial charge in [-0.05, 0) is 99.4 Å². The van der Waals surface area contributed by atoms with Crippen molar-refractivity contribution in [1.29, 1.82) is 0 Å². The minimum absolute atomic E-state index is 0.0193. The summed E-state index contributed by atoms with van der Waals surface area (Å²) in [6.07, 6.45) is 7.12. The lowest BCUT2D eigenvalue weighted by atomic mass is 9.73. The van der Waals surface area contributed by atoms with Crippen LogP contribution in [0, 0.1) is 16.2 Å². The Hall–Kier alpha value is -4.97. The number of fused-ring (bicyclic) bond motifs is 6. The highest BCUT2D eigenvalue weighted by molar-refractivity contribution is 7.92. The van der Waals surface area contributed by atoms with Crippen molar-refractivity contribution in [1.82, 2.24) is 29.6 Å². The number of benzene rings is 2. The first-order valence-electron chi connectivity index (χ1n) is 23.8. The second-order valence-corrected chi connectivity index (χ2v) is 22.1. The first-order valence-corrected chi connectivity index (χ1v) is 25.3. The molecular formula is C50H71N8O8S+. The molecule has 2 amide bonds. The van der Waals surface area contributed by atoms with E-state index in [2.05, 4.69) is 80.4 Å². The van der Waals surface area contributed by atoms with Gasteiger partial charge in [0.05, 0.1) is 36.7 Å². The Balaban J connectivity index is 1.26. The molecule has 0 radical (unpaired) electrons. The Morgan fingerprint density at radius 1 is 1.07 bits per heavy atom. The molecule has 0 saturated carbocycles. The maximum absolute atomic E-state index is 14.7. The van der Waals surface area contributed by atoms with Gasteiger partial charge in [-0.15, -0.1) is 5.01 Å². The van der Waals surface area contributed by atoms with Crippen LogP contribution in [-0.4, -0.2) is 132 Å². The van der Waals surface area contributed by atoms with Gasteiger partial charge in [0.15, 0.2) is 6.04 Å². The predicted octanol–water partition coefficient (Wildman–Crippen LogP) is 5.82. The number of ether oxygens (including phenoxy) is 2. The molecule has 2 saturated heterocycles. The smallest absolute Gasteiger partial charge is 0.324 e. The third kappa shape index (κ3) is 10.3. The summed E-state index contributed by atoms with van der Waals surface area (Å²) < 4.78 is 41.2. The molecule has 67 heavy (non-hydrogen) atoms. The molecule has 4 aliphatic rings. The van der Waals surface area contributed by atoms with Crippen LogP contribution in [0.15, 0.2) is 58.9 Å². The maximum Gasteiger partial charge on any atom is 0.324 e. The van der Waals surface area contributed by atoms with Crippen LogP contribution in [0.1, 0.15) is 103 Å². The summed E-state index contributed by atoms with van der Waals surface area (Å²) in [4.78, 5) is 62.9. The monoisotopic (exact) mass is 944 g/mol. The Kier molecular flexibility index (Phi) is 14.9. The summed E-state index contributed by atoms with van der Waals surface area (Å²) in [5, 5.41) is 7.99. The van der Waals surface area contributed by atoms with E-state index in [1.807, 2.05) is 32.2 Å². The van der Waals surface area contributed by atoms with Crippen molar-refractivity contribution in [3.05, 3.63) is 75.7 Å². The average Bonchev–Trinajstić information content (AvgIpc) is 3.90. The molecule has 7 rings (SSSR count). The number of nitrogens with zero attached hydrogens (tertiary/aromatic N) is 6. The molecule has 6 bridgehead atoms. The number of esters is 1. The maximum atomic E-state index is 14.7. The van der Waals surface area contributed by atoms with E-state index in [1.54, 1.807) is 14.0 Å². The van der Waals surface area contributed by atoms with Gasteiger partial charge in [-0.25, -0.2) is 13.8 Å². The summed E-state index contributed by atoms with van der Waals surface area (Å²) in [6.45, 7) is 14.4. The van der Waals surface area contributed by atoms with Gasteiger partial charge in [-0.3, -0.25) is 24.4 Å². The van der Waals surface area contributed by atoms with Crippen LogP contribution in [0.2, 0.25) is 0 Å². The van der Waals surface area contributed by atoms with E-state index < -0.39 is 62.9 Å². The lowest BCUT2D eigenvalue weighted by molar-refractivity contribution is -0.732. The van der Waals surface area contributed by atoms with Gasteiger partial charge in [0.1, 0.15) is 17.0 Å². The van der Waals surface area contributed by atoms with Gasteiger partial charge in [-0.1, -0.05) is 64.1 Å². The van der Waals surface area contributed by atoms with Crippen molar-refractivity contribution >= 4 is 44.9 Å². The normalized spacial score (nSPS) is 26.1. The van der Waals surface area contributed by atoms with Crippen LogP contribution < -0.4 is 10.7 Å². The fourth-order valence-corrected chi connectivity index (χ4v) is 12.0. The first kappa shape index (κ1) is 49.9. The summed E-state index contributed by atoms with van der Waals surface area (Å²) in [6, 6.07) is 10.9. The van der Waals surface area contributed by atoms with Crippen LogP contribution in [-0.2, 0) is 53.8 Å². The topological polar surface area (TPSA) is 175 Å². The molecule has 16 nitrogen and oxygen atoms in total. The van der Waals surface area contributed by atoms with E-state index in [4.69, 9.17) is 14.5 Å². The van der Waals surface area contributed by atoms with Gasteiger partial charge in [0.25, 0.3) is 5.91 Å². The molecule has 4 aliphatic heterocycles. The number of hydrogen-bond acceptors (Lipinski definition) is 10. The number of aryl methyl sites for hydroxylation is 1. The van der Waals surface area contributed by atoms with Crippen molar-refractivity contribution in [3.8, 4) is 11.1 Å². The molecule has 364 valence electrons. The van der Waals surface area contributed by atoms with Crippen LogP contribution in [0.5, 0.6) is 0 Å². The van der Waals surface area contributed by atoms with Gasteiger partial charge in [0, 0.05) is 73.4 Å². The number of aliphatic imine (C=N–C) groups is 1. The molecule has 3 aromatic rings. The Morgan fingerprint density at radius 2 is 1.82 bits per heavy atom. The number of carbonyl (C=O) groups is 3. The fraction of sp³-hybridized carbons (Fsp3) is 0.600. The third-order valence-corrected chi connectivity index (χ3v) is 16.2. The van der Waals surface area contributed by atoms with Gasteiger partial charge in [-0.2, -0.15) is 4.31 Å². The van der Waals surface area contributed by atoms with Crippen LogP contribution in [0.3, 0.4) is 0 Å². The Bertz CT molecular complexity index is 2540. The summed E-state index contributed by atoms with van der Waals surface area (Å²) in [5.74, 6) is -1.73. The molecule has 7 atom stereocenters. The van der Waals surface area contributed by atoms with Crippen molar-refractivity contribution < 1.29 is 37.1 Å². The molecule has 2 unspecified atom stereocenters. The standard InChI is InChI=1S/C50H70N8O8S/c1-11-25-67(63,64)56-24-21-37(30-56)58(62)55(9)44(32(2)3)46(59)52-42-27-34-15-12-16-35(26-34)36-19-20-43-38(28-36)39(45(54(43)8)40-17-13-22-51-50(40,7)33(4)65-10)29-49(5,6)31-66-48(61)41-18-14-23-57(53-41)47(42)60/h11-12,15-16,19-20,22,25-26,28,32-33,37,40-42,44,53H,13-14,17-18,21,23-24,27,29-31H2,1-10H3/p+1/b25-11+/t33-,37-,40?,41-,42-,44-,50?/m0/s1. The second kappa shape index (κ2) is 19.9. The first-order chi connectivity index (χ1) is 31.7. The molecular weight excluding hydrogens is 873 g/mol. The molecule has 2 N–H and O–H groups in total. The third-order valence-electron chi connectivity index (χ3n) is 14.6. The lowest BCUT2D eigenvalue weighted by Crippen LogP contribution is -2.62. The van der Waals surface area contributed by atoms with Gasteiger partial charge in [0.2, 0.25) is 22.0 Å². The Morgan fingerprint density at radius 3 is 2.54 bits per heavy atom. The highest BCUT2D eigenvalue weighted by Gasteiger charge is 2.47. The quantitative estimate of drug-likeness (QED) is 0.135. The number of rotatable bonds is 11. The highest BCUT2D eigenvalue weighted by atomic mass is 32.2. The van der Waals surface area contributed by atoms with Gasteiger partial charge >= 0.3 is 5.97 Å². The van der Waals surface area contributed by atoms with E-state index >= 15 is 0 Å². The van der Waals surface area contributed by atoms with Crippen LogP contribution >= 0.6 is 0 Å². The number of nitrogens with one attached hydrogen (secondary N) is 2. The lowest BCUT2D eigenvalue weighted by Gasteiger charge is -2.42. The number of carbonyl (C=O) groups excluding carboxylic acids is 3. The fourth-order valence-electron chi connectivity index (χ4n) is 10.7. The predicted molar refractivity (Wildman–Crippen MR) is 259 cm³/mol. The Labute approximate surface area is 396 Å². The zero-order valence-corrected chi connectivity index (χ0v) is 41.8. The van der Waals surface area contributed by atoms with E-state index in [9.17, 15) is 27.7 Å². The van der Waals surface area contributed by atoms with Crippen molar-refractivity contribution in [2.45, 2.75) is 135 Å². The summed E-state index contributed by atoms with van der Waals surface area (Å²) >= 11 is 0. The number of amides is 2. The van der Waals surface area contributed by atoms with Crippen molar-refractivity contribution in [2.75, 3.05) is 40.4 Å².